The van der Waals surface area contributed by atoms with Gasteiger partial charge in [-0.15, -0.1) is 11.3 Å². The first kappa shape index (κ1) is 20.8. The maximum absolute atomic E-state index is 14.8. The van der Waals surface area contributed by atoms with Gasteiger partial charge < -0.3 is 19.9 Å². The van der Waals surface area contributed by atoms with E-state index in [2.05, 4.69) is 43.2 Å². The molecule has 5 rings (SSSR count). The van der Waals surface area contributed by atoms with E-state index in [0.29, 0.717) is 5.82 Å². The van der Waals surface area contributed by atoms with Gasteiger partial charge in [0, 0.05) is 43.3 Å². The fourth-order valence-corrected chi connectivity index (χ4v) is 4.60. The molecule has 3 heterocycles. The highest BCUT2D eigenvalue weighted by Gasteiger charge is 2.20. The molecule has 0 radical (unpaired) electrons. The topological polar surface area (TPSA) is 66.4 Å². The molecule has 1 aliphatic heterocycles. The summed E-state index contributed by atoms with van der Waals surface area (Å²) in [6.45, 7) is 7.62. The minimum atomic E-state index is -0.412. The number of halogens is 1. The minimum absolute atomic E-state index is 0.106. The number of nitrogens with one attached hydrogen (secondary N) is 1. The number of aryl methyl sites for hydroxylation is 1. The van der Waals surface area contributed by atoms with Crippen LogP contribution in [0.3, 0.4) is 0 Å². The van der Waals surface area contributed by atoms with Crippen LogP contribution in [0.15, 0.2) is 30.0 Å². The van der Waals surface area contributed by atoms with E-state index in [1.165, 1.54) is 5.57 Å². The van der Waals surface area contributed by atoms with E-state index >= 15 is 0 Å². The van der Waals surface area contributed by atoms with Crippen molar-refractivity contribution in [3.05, 3.63) is 51.8 Å². The van der Waals surface area contributed by atoms with Gasteiger partial charge in [-0.2, -0.15) is 9.97 Å². The zero-order chi connectivity index (χ0) is 22.2. The maximum atomic E-state index is 14.8. The first-order valence-corrected chi connectivity index (χ1v) is 11.4. The quantitative estimate of drug-likeness (QED) is 0.606. The Morgan fingerprint density at radius 2 is 1.91 bits per heavy atom. The normalized spacial score (nSPS) is 16.1. The van der Waals surface area contributed by atoms with Crippen molar-refractivity contribution in [1.29, 1.82) is 0 Å². The summed E-state index contributed by atoms with van der Waals surface area (Å²) in [7, 11) is 2.11. The molecule has 166 valence electrons. The van der Waals surface area contributed by atoms with E-state index in [-0.39, 0.29) is 11.8 Å². The van der Waals surface area contributed by atoms with Crippen LogP contribution in [0, 0.1) is 12.7 Å². The fourth-order valence-electron chi connectivity index (χ4n) is 3.93. The molecule has 0 spiro atoms. The average Bonchev–Trinajstić information content (AvgIpc) is 3.32. The Morgan fingerprint density at radius 3 is 2.66 bits per heavy atom. The Balaban J connectivity index is 1.47. The Morgan fingerprint density at radius 1 is 1.09 bits per heavy atom. The summed E-state index contributed by atoms with van der Waals surface area (Å²) in [5.74, 6) is 1.03. The van der Waals surface area contributed by atoms with Gasteiger partial charge in [-0.25, -0.2) is 9.37 Å². The van der Waals surface area contributed by atoms with Gasteiger partial charge in [0.15, 0.2) is 16.7 Å². The smallest absolute Gasteiger partial charge is 0.326 e. The molecule has 0 atom stereocenters. The van der Waals surface area contributed by atoms with Crippen LogP contribution in [0.4, 0.5) is 21.2 Å². The molecule has 1 aromatic carbocycles. The molecular formula is C23H25FN6OS. The number of ether oxygens (including phenoxy) is 1. The van der Waals surface area contributed by atoms with Crippen LogP contribution in [0.5, 0.6) is 11.8 Å². The maximum Gasteiger partial charge on any atom is 0.326 e. The van der Waals surface area contributed by atoms with Crippen LogP contribution in [-0.4, -0.2) is 53.1 Å². The molecule has 9 heteroatoms. The van der Waals surface area contributed by atoms with E-state index in [1.807, 2.05) is 26.1 Å². The second-order valence-electron chi connectivity index (χ2n) is 8.34. The first-order chi connectivity index (χ1) is 15.4. The molecule has 0 unspecified atom stereocenters. The lowest BCUT2D eigenvalue weighted by molar-refractivity contribution is 0.311. The van der Waals surface area contributed by atoms with Crippen LogP contribution >= 0.6 is 11.3 Å². The van der Waals surface area contributed by atoms with E-state index < -0.39 is 5.82 Å². The second kappa shape index (κ2) is 8.48. The van der Waals surface area contributed by atoms with Crippen LogP contribution in [0.2, 0.25) is 0 Å². The number of nitrogens with zero attached hydrogens (tertiary/aromatic N) is 5. The van der Waals surface area contributed by atoms with Gasteiger partial charge in [-0.3, -0.25) is 0 Å². The number of fused-ring (bicyclic) bond motifs is 1. The van der Waals surface area contributed by atoms with Crippen molar-refractivity contribution in [2.45, 2.75) is 20.3 Å². The van der Waals surface area contributed by atoms with Gasteiger partial charge in [0.2, 0.25) is 0 Å². The van der Waals surface area contributed by atoms with Gasteiger partial charge in [-0.1, -0.05) is 11.6 Å². The molecule has 3 aromatic rings. The highest BCUT2D eigenvalue weighted by molar-refractivity contribution is 7.15. The van der Waals surface area contributed by atoms with Gasteiger partial charge in [0.1, 0.15) is 11.6 Å². The third kappa shape index (κ3) is 4.44. The van der Waals surface area contributed by atoms with Gasteiger partial charge >= 0.3 is 6.01 Å². The average molecular weight is 453 g/mol. The molecule has 0 bridgehead atoms. The molecule has 7 nitrogen and oxygen atoms in total. The minimum Gasteiger partial charge on any atom is -0.421 e. The largest absolute Gasteiger partial charge is 0.421 e. The highest BCUT2D eigenvalue weighted by Crippen LogP contribution is 2.33. The molecule has 1 N–H and O–H groups in total. The van der Waals surface area contributed by atoms with Crippen molar-refractivity contribution in [2.24, 2.45) is 0 Å². The van der Waals surface area contributed by atoms with Gasteiger partial charge in [0.25, 0.3) is 0 Å². The Labute approximate surface area is 190 Å². The number of rotatable bonds is 5. The van der Waals surface area contributed by atoms with Gasteiger partial charge in [-0.05, 0) is 50.6 Å². The molecule has 32 heavy (non-hydrogen) atoms. The number of thiazole rings is 1. The van der Waals surface area contributed by atoms with E-state index in [0.717, 1.165) is 59.6 Å². The number of aromatic nitrogens is 3. The summed E-state index contributed by atoms with van der Waals surface area (Å²) in [6, 6.07) is 5.26. The molecule has 1 aliphatic carbocycles. The zero-order valence-corrected chi connectivity index (χ0v) is 19.2. The van der Waals surface area contributed by atoms with Crippen LogP contribution in [0.25, 0.3) is 6.08 Å². The summed E-state index contributed by atoms with van der Waals surface area (Å²) in [5.41, 5.74) is 3.15. The van der Waals surface area contributed by atoms with Crippen molar-refractivity contribution in [3.8, 4) is 11.8 Å². The number of hydrogen-bond acceptors (Lipinski definition) is 8. The van der Waals surface area contributed by atoms with Crippen molar-refractivity contribution in [2.75, 3.05) is 43.4 Å². The Hall–Kier alpha value is -3.04. The summed E-state index contributed by atoms with van der Waals surface area (Å²) in [4.78, 5) is 19.0. The van der Waals surface area contributed by atoms with E-state index in [9.17, 15) is 4.39 Å². The molecule has 1 saturated heterocycles. The summed E-state index contributed by atoms with van der Waals surface area (Å²) in [5, 5.41) is 3.97. The number of benzene rings is 1. The van der Waals surface area contributed by atoms with Crippen LogP contribution in [0.1, 0.15) is 22.9 Å². The molecular weight excluding hydrogens is 427 g/mol. The second-order valence-corrected chi connectivity index (χ2v) is 9.57. The SMILES string of the molecule is CC1=Cc2cc(Oc3nc(Nc4ncc(C)s4)cc(N4CCN(C)CC4)n3)c(F)cc2C1. The van der Waals surface area contributed by atoms with Crippen molar-refractivity contribution < 1.29 is 9.13 Å². The van der Waals surface area contributed by atoms with E-state index in [1.54, 1.807) is 23.5 Å². The summed E-state index contributed by atoms with van der Waals surface area (Å²) >= 11 is 1.54. The lowest BCUT2D eigenvalue weighted by atomic mass is 10.1. The zero-order valence-electron chi connectivity index (χ0n) is 18.4. The lowest BCUT2D eigenvalue weighted by Gasteiger charge is -2.33. The molecule has 1 fully saturated rings. The third-order valence-corrected chi connectivity index (χ3v) is 6.47. The number of piperazine rings is 1. The summed E-state index contributed by atoms with van der Waals surface area (Å²) < 4.78 is 20.6. The Bertz CT molecular complexity index is 1190. The van der Waals surface area contributed by atoms with E-state index in [4.69, 9.17) is 4.74 Å². The Kier molecular flexibility index (Phi) is 5.52. The number of anilines is 3. The molecule has 2 aromatic heterocycles. The predicted molar refractivity (Wildman–Crippen MR) is 126 cm³/mol. The van der Waals surface area contributed by atoms with Gasteiger partial charge in [0.05, 0.1) is 0 Å². The number of hydrogen-bond donors (Lipinski definition) is 1. The number of allylic oxidation sites excluding steroid dienone is 1. The fraction of sp³-hybridized carbons (Fsp3) is 0.348. The molecule has 0 amide bonds. The van der Waals surface area contributed by atoms with Crippen LogP contribution in [-0.2, 0) is 6.42 Å². The van der Waals surface area contributed by atoms with Crippen LogP contribution < -0.4 is 15.0 Å². The lowest BCUT2D eigenvalue weighted by Crippen LogP contribution is -2.44. The van der Waals surface area contributed by atoms with Crippen molar-refractivity contribution in [1.82, 2.24) is 19.9 Å². The van der Waals surface area contributed by atoms with Crippen molar-refractivity contribution >= 4 is 34.2 Å². The number of likely N-dealkylation sites (N-methyl/N-ethyl adjacent to an activating group) is 1. The third-order valence-electron chi connectivity index (χ3n) is 5.64. The standard InChI is InChI=1S/C23H25FN6OS/c1-14-8-16-10-18(24)19(11-17(16)9-14)31-22-26-20(27-23-25-13-15(2)32-23)12-21(28-22)30-6-4-29(3)5-7-30/h9-13H,4-8H2,1-3H3,(H,25,26,27,28). The molecule has 2 aliphatic rings. The molecule has 0 saturated carbocycles. The summed E-state index contributed by atoms with van der Waals surface area (Å²) in [6.07, 6.45) is 4.63. The van der Waals surface area contributed by atoms with Crippen molar-refractivity contribution in [3.63, 3.8) is 0 Å². The monoisotopic (exact) mass is 452 g/mol. The first-order valence-electron chi connectivity index (χ1n) is 10.6. The predicted octanol–water partition coefficient (Wildman–Crippen LogP) is 4.63. The highest BCUT2D eigenvalue weighted by atomic mass is 32.1.